The van der Waals surface area contributed by atoms with Crippen LogP contribution in [0.25, 0.3) is 0 Å². The van der Waals surface area contributed by atoms with Crippen LogP contribution in [0.5, 0.6) is 5.75 Å². The Labute approximate surface area is 80.3 Å². The molecule has 1 rings (SSSR count). The first kappa shape index (κ1) is 10.2. The van der Waals surface area contributed by atoms with Crippen molar-refractivity contribution in [1.82, 2.24) is 0 Å². The molecule has 0 heterocycles. The van der Waals surface area contributed by atoms with Crippen molar-refractivity contribution in [2.75, 3.05) is 5.73 Å². The van der Waals surface area contributed by atoms with Crippen molar-refractivity contribution in [3.8, 4) is 5.75 Å². The molecule has 0 bridgehead atoms. The maximum Gasteiger partial charge on any atom is 0.417 e. The number of anilines is 1. The second-order valence-corrected chi connectivity index (χ2v) is 3.24. The van der Waals surface area contributed by atoms with Gasteiger partial charge in [0, 0.05) is 4.47 Å². The zero-order valence-corrected chi connectivity index (χ0v) is 7.78. The van der Waals surface area contributed by atoms with Gasteiger partial charge in [0.25, 0.3) is 0 Å². The van der Waals surface area contributed by atoms with Crippen molar-refractivity contribution >= 4 is 21.6 Å². The number of nitrogens with two attached hydrogens (primary N) is 1. The topological polar surface area (TPSA) is 46.2 Å². The molecule has 0 aliphatic heterocycles. The molecule has 0 unspecified atom stereocenters. The van der Waals surface area contributed by atoms with Gasteiger partial charge in [0.15, 0.2) is 0 Å². The fourth-order valence-corrected chi connectivity index (χ4v) is 1.35. The smallest absolute Gasteiger partial charge is 0.417 e. The third kappa shape index (κ3) is 2.06. The van der Waals surface area contributed by atoms with Crippen molar-refractivity contribution in [1.29, 1.82) is 0 Å². The van der Waals surface area contributed by atoms with E-state index in [9.17, 15) is 13.2 Å². The van der Waals surface area contributed by atoms with Crippen LogP contribution in [0, 0.1) is 0 Å². The SMILES string of the molecule is Nc1cc(C(F)(F)F)c(Br)cc1O. The fourth-order valence-electron chi connectivity index (χ4n) is 0.797. The average molecular weight is 256 g/mol. The maximum atomic E-state index is 12.2. The van der Waals surface area contributed by atoms with Crippen LogP contribution in [0.2, 0.25) is 0 Å². The molecular weight excluding hydrogens is 251 g/mol. The lowest BCUT2D eigenvalue weighted by atomic mass is 10.2. The van der Waals surface area contributed by atoms with Crippen LogP contribution in [0.15, 0.2) is 16.6 Å². The molecule has 3 N–H and O–H groups in total. The highest BCUT2D eigenvalue weighted by Gasteiger charge is 2.33. The van der Waals surface area contributed by atoms with Crippen molar-refractivity contribution in [3.63, 3.8) is 0 Å². The Hall–Kier alpha value is -0.910. The van der Waals surface area contributed by atoms with Crippen LogP contribution in [0.4, 0.5) is 18.9 Å². The molecule has 13 heavy (non-hydrogen) atoms. The summed E-state index contributed by atoms with van der Waals surface area (Å²) in [4.78, 5) is 0. The average Bonchev–Trinajstić information content (AvgIpc) is 1.94. The van der Waals surface area contributed by atoms with Crippen LogP contribution in [-0.2, 0) is 6.18 Å². The number of alkyl halides is 3. The van der Waals surface area contributed by atoms with Crippen molar-refractivity contribution < 1.29 is 18.3 Å². The van der Waals surface area contributed by atoms with Gasteiger partial charge in [0.2, 0.25) is 0 Å². The van der Waals surface area contributed by atoms with E-state index in [4.69, 9.17) is 10.8 Å². The number of nitrogen functional groups attached to an aromatic ring is 1. The zero-order chi connectivity index (χ0) is 10.2. The third-order valence-electron chi connectivity index (χ3n) is 1.42. The fraction of sp³-hybridized carbons (Fsp3) is 0.143. The summed E-state index contributed by atoms with van der Waals surface area (Å²) in [5.41, 5.74) is 3.92. The number of benzene rings is 1. The van der Waals surface area contributed by atoms with Crippen LogP contribution < -0.4 is 5.73 Å². The summed E-state index contributed by atoms with van der Waals surface area (Å²) < 4.78 is 36.3. The van der Waals surface area contributed by atoms with Gasteiger partial charge >= 0.3 is 6.18 Å². The van der Waals surface area contributed by atoms with E-state index in [1.54, 1.807) is 0 Å². The predicted molar refractivity (Wildman–Crippen MR) is 45.2 cm³/mol. The first-order chi connectivity index (χ1) is 5.82. The molecule has 0 aliphatic carbocycles. The molecule has 0 radical (unpaired) electrons. The lowest BCUT2D eigenvalue weighted by Crippen LogP contribution is -2.06. The summed E-state index contributed by atoms with van der Waals surface area (Å²) in [6.45, 7) is 0. The number of hydrogen-bond acceptors (Lipinski definition) is 2. The van der Waals surface area contributed by atoms with Gasteiger partial charge in [0.1, 0.15) is 5.75 Å². The highest BCUT2D eigenvalue weighted by molar-refractivity contribution is 9.10. The number of aromatic hydroxyl groups is 1. The molecule has 1 aromatic carbocycles. The minimum atomic E-state index is -4.47. The van der Waals surface area contributed by atoms with Gasteiger partial charge in [-0.15, -0.1) is 0 Å². The number of hydrogen-bond donors (Lipinski definition) is 2. The summed E-state index contributed by atoms with van der Waals surface area (Å²) in [6.07, 6.45) is -4.47. The number of halogens is 4. The second-order valence-electron chi connectivity index (χ2n) is 2.39. The lowest BCUT2D eigenvalue weighted by Gasteiger charge is -2.10. The molecule has 72 valence electrons. The van der Waals surface area contributed by atoms with E-state index in [0.29, 0.717) is 6.07 Å². The van der Waals surface area contributed by atoms with Crippen LogP contribution in [-0.4, -0.2) is 5.11 Å². The third-order valence-corrected chi connectivity index (χ3v) is 2.08. The Morgan fingerprint density at radius 1 is 1.31 bits per heavy atom. The first-order valence-corrected chi connectivity index (χ1v) is 3.97. The van der Waals surface area contributed by atoms with E-state index in [2.05, 4.69) is 15.9 Å². The number of phenolic OH excluding ortho intramolecular Hbond substituents is 1. The largest absolute Gasteiger partial charge is 0.506 e. The molecule has 0 aliphatic rings. The van der Waals surface area contributed by atoms with E-state index in [-0.39, 0.29) is 15.9 Å². The van der Waals surface area contributed by atoms with E-state index in [1.165, 1.54) is 0 Å². The minimum Gasteiger partial charge on any atom is -0.506 e. The molecule has 2 nitrogen and oxygen atoms in total. The van der Waals surface area contributed by atoms with Crippen molar-refractivity contribution in [3.05, 3.63) is 22.2 Å². The van der Waals surface area contributed by atoms with Crippen molar-refractivity contribution in [2.45, 2.75) is 6.18 Å². The van der Waals surface area contributed by atoms with Gasteiger partial charge in [-0.1, -0.05) is 15.9 Å². The Morgan fingerprint density at radius 2 is 1.85 bits per heavy atom. The second kappa shape index (κ2) is 3.10. The van der Waals surface area contributed by atoms with Crippen LogP contribution in [0.3, 0.4) is 0 Å². The first-order valence-electron chi connectivity index (χ1n) is 3.17. The molecule has 1 aromatic rings. The zero-order valence-electron chi connectivity index (χ0n) is 6.19. The molecular formula is C7H5BrF3NO. The van der Waals surface area contributed by atoms with Gasteiger partial charge in [-0.05, 0) is 12.1 Å². The monoisotopic (exact) mass is 255 g/mol. The minimum absolute atomic E-state index is 0.230. The Morgan fingerprint density at radius 3 is 2.31 bits per heavy atom. The normalized spacial score (nSPS) is 11.7. The molecule has 0 aromatic heterocycles. The summed E-state index contributed by atoms with van der Waals surface area (Å²) in [5.74, 6) is -0.375. The molecule has 0 saturated heterocycles. The van der Waals surface area contributed by atoms with Gasteiger partial charge < -0.3 is 10.8 Å². The summed E-state index contributed by atoms with van der Waals surface area (Å²) in [6, 6.07) is 1.59. The maximum absolute atomic E-state index is 12.2. The molecule has 0 saturated carbocycles. The number of phenols is 1. The van der Waals surface area contributed by atoms with E-state index in [0.717, 1.165) is 6.07 Å². The number of rotatable bonds is 0. The Balaban J connectivity index is 3.32. The van der Waals surface area contributed by atoms with Gasteiger partial charge in [0.05, 0.1) is 11.3 Å². The molecule has 0 spiro atoms. The molecule has 0 atom stereocenters. The predicted octanol–water partition coefficient (Wildman–Crippen LogP) is 2.76. The van der Waals surface area contributed by atoms with Gasteiger partial charge in [-0.3, -0.25) is 0 Å². The van der Waals surface area contributed by atoms with Crippen LogP contribution >= 0.6 is 15.9 Å². The summed E-state index contributed by atoms with van der Waals surface area (Å²) in [7, 11) is 0. The van der Waals surface area contributed by atoms with E-state index in [1.807, 2.05) is 0 Å². The van der Waals surface area contributed by atoms with Crippen LogP contribution in [0.1, 0.15) is 5.56 Å². The quantitative estimate of drug-likeness (QED) is 0.553. The van der Waals surface area contributed by atoms with E-state index >= 15 is 0 Å². The summed E-state index contributed by atoms with van der Waals surface area (Å²) in [5, 5.41) is 8.97. The van der Waals surface area contributed by atoms with Crippen molar-refractivity contribution in [2.24, 2.45) is 0 Å². The highest BCUT2D eigenvalue weighted by atomic mass is 79.9. The molecule has 0 amide bonds. The van der Waals surface area contributed by atoms with Gasteiger partial charge in [-0.25, -0.2) is 0 Å². The lowest BCUT2D eigenvalue weighted by molar-refractivity contribution is -0.138. The van der Waals surface area contributed by atoms with E-state index < -0.39 is 11.7 Å². The van der Waals surface area contributed by atoms with Gasteiger partial charge in [-0.2, -0.15) is 13.2 Å². The summed E-state index contributed by atoms with van der Waals surface area (Å²) >= 11 is 2.68. The molecule has 0 fully saturated rings. The molecule has 6 heteroatoms. The standard InChI is InChI=1S/C7H5BrF3NO/c8-4-2-6(13)5(12)1-3(4)7(9,10)11/h1-2,13H,12H2. The Bertz CT molecular complexity index is 337. The Kier molecular flexibility index (Phi) is 2.42. The highest BCUT2D eigenvalue weighted by Crippen LogP contribution is 2.38.